The molecule has 0 spiro atoms. The van der Waals surface area contributed by atoms with Gasteiger partial charge in [0.1, 0.15) is 0 Å². The Morgan fingerprint density at radius 2 is 1.95 bits per heavy atom. The molecule has 1 atom stereocenters. The highest BCUT2D eigenvalue weighted by Gasteiger charge is 2.34. The largest absolute Gasteiger partial charge is 0.396 e. The quantitative estimate of drug-likeness (QED) is 0.849. The second-order valence-electron chi connectivity index (χ2n) is 5.91. The Morgan fingerprint density at radius 3 is 2.48 bits per heavy atom. The first-order chi connectivity index (χ1) is 10.1. The van der Waals surface area contributed by atoms with E-state index >= 15 is 0 Å². The summed E-state index contributed by atoms with van der Waals surface area (Å²) >= 11 is 1.62. The maximum absolute atomic E-state index is 12.5. The van der Waals surface area contributed by atoms with E-state index < -0.39 is 0 Å². The third kappa shape index (κ3) is 4.01. The number of rotatable bonds is 5. The Bertz CT molecular complexity index is 449. The third-order valence-electron chi connectivity index (χ3n) is 4.63. The number of aliphatic hydroxyl groups is 1. The topological polar surface area (TPSA) is 40.5 Å². The fourth-order valence-corrected chi connectivity index (χ4v) is 3.81. The van der Waals surface area contributed by atoms with E-state index in [4.69, 9.17) is 0 Å². The molecule has 1 fully saturated rings. The van der Waals surface area contributed by atoms with Crippen molar-refractivity contribution in [3.8, 4) is 0 Å². The van der Waals surface area contributed by atoms with Gasteiger partial charge < -0.3 is 10.0 Å². The van der Waals surface area contributed by atoms with Crippen molar-refractivity contribution in [2.45, 2.75) is 43.3 Å². The molecule has 0 aliphatic carbocycles. The number of likely N-dealkylation sites (tertiary alicyclic amines) is 1. The summed E-state index contributed by atoms with van der Waals surface area (Å²) in [7, 11) is 0. The predicted molar refractivity (Wildman–Crippen MR) is 87.4 cm³/mol. The van der Waals surface area contributed by atoms with Crippen molar-refractivity contribution < 1.29 is 9.90 Å². The van der Waals surface area contributed by atoms with Gasteiger partial charge in [-0.25, -0.2) is 0 Å². The second-order valence-corrected chi connectivity index (χ2v) is 7.32. The zero-order valence-electron chi connectivity index (χ0n) is 12.9. The van der Waals surface area contributed by atoms with E-state index in [1.165, 1.54) is 0 Å². The van der Waals surface area contributed by atoms with Crippen LogP contribution in [0.3, 0.4) is 0 Å². The van der Waals surface area contributed by atoms with Crippen LogP contribution in [0.25, 0.3) is 0 Å². The van der Waals surface area contributed by atoms with Crippen LogP contribution >= 0.6 is 11.8 Å². The molecule has 1 N–H and O–H groups in total. The van der Waals surface area contributed by atoms with Crippen LogP contribution in [0, 0.1) is 5.41 Å². The van der Waals surface area contributed by atoms with Gasteiger partial charge in [-0.3, -0.25) is 4.79 Å². The normalized spacial score (nSPS) is 19.3. The van der Waals surface area contributed by atoms with Crippen LogP contribution in [0.2, 0.25) is 0 Å². The summed E-state index contributed by atoms with van der Waals surface area (Å²) in [6, 6.07) is 10.1. The maximum atomic E-state index is 12.5. The monoisotopic (exact) mass is 307 g/mol. The minimum absolute atomic E-state index is 0.0343. The van der Waals surface area contributed by atoms with Crippen molar-refractivity contribution in [1.29, 1.82) is 0 Å². The van der Waals surface area contributed by atoms with E-state index in [9.17, 15) is 9.90 Å². The molecule has 1 aromatic rings. The molecule has 3 nitrogen and oxygen atoms in total. The molecule has 116 valence electrons. The maximum Gasteiger partial charge on any atom is 0.235 e. The Morgan fingerprint density at radius 1 is 1.33 bits per heavy atom. The van der Waals surface area contributed by atoms with Gasteiger partial charge in [0, 0.05) is 24.6 Å². The summed E-state index contributed by atoms with van der Waals surface area (Å²) in [6.07, 6.45) is 2.81. The highest BCUT2D eigenvalue weighted by atomic mass is 32.2. The molecule has 1 saturated heterocycles. The van der Waals surface area contributed by atoms with E-state index in [1.54, 1.807) is 11.8 Å². The number of thioether (sulfide) groups is 1. The van der Waals surface area contributed by atoms with Gasteiger partial charge in [-0.1, -0.05) is 25.1 Å². The molecular weight excluding hydrogens is 282 g/mol. The minimum Gasteiger partial charge on any atom is -0.396 e. The van der Waals surface area contributed by atoms with Gasteiger partial charge in [0.15, 0.2) is 0 Å². The van der Waals surface area contributed by atoms with Gasteiger partial charge >= 0.3 is 0 Å². The van der Waals surface area contributed by atoms with Crippen LogP contribution in [0.5, 0.6) is 0 Å². The molecule has 0 bridgehead atoms. The molecule has 21 heavy (non-hydrogen) atoms. The van der Waals surface area contributed by atoms with E-state index in [0.717, 1.165) is 37.2 Å². The summed E-state index contributed by atoms with van der Waals surface area (Å²) in [6.45, 7) is 5.88. The molecule has 1 amide bonds. The van der Waals surface area contributed by atoms with Crippen LogP contribution in [0.15, 0.2) is 35.2 Å². The van der Waals surface area contributed by atoms with Gasteiger partial charge in [-0.05, 0) is 43.7 Å². The number of amides is 1. The van der Waals surface area contributed by atoms with Crippen molar-refractivity contribution in [3.63, 3.8) is 0 Å². The van der Waals surface area contributed by atoms with Gasteiger partial charge in [-0.15, -0.1) is 11.8 Å². The Labute approximate surface area is 131 Å². The number of nitrogens with zero attached hydrogens (tertiary/aromatic N) is 1. The molecule has 1 aliphatic rings. The zero-order valence-corrected chi connectivity index (χ0v) is 13.7. The van der Waals surface area contributed by atoms with Gasteiger partial charge in [0.05, 0.1) is 5.25 Å². The first-order valence-electron chi connectivity index (χ1n) is 7.71. The Balaban J connectivity index is 1.89. The van der Waals surface area contributed by atoms with Gasteiger partial charge in [0.25, 0.3) is 0 Å². The summed E-state index contributed by atoms with van der Waals surface area (Å²) in [5.74, 6) is 0.214. The number of aliphatic hydroxyl groups excluding tert-OH is 1. The molecule has 1 unspecified atom stereocenters. The molecular formula is C17H25NO2S. The lowest BCUT2D eigenvalue weighted by atomic mass is 9.77. The summed E-state index contributed by atoms with van der Waals surface area (Å²) in [5.41, 5.74) is 0.0343. The fraction of sp³-hybridized carbons (Fsp3) is 0.588. The number of piperidine rings is 1. The SMILES string of the molecule is CCC1(CO)CCN(C(=O)C(C)Sc2ccccc2)CC1. The number of hydrogen-bond donors (Lipinski definition) is 1. The predicted octanol–water partition coefficient (Wildman–Crippen LogP) is 3.18. The van der Waals surface area contributed by atoms with Crippen molar-refractivity contribution in [3.05, 3.63) is 30.3 Å². The highest BCUT2D eigenvalue weighted by molar-refractivity contribution is 8.00. The van der Waals surface area contributed by atoms with E-state index in [0.29, 0.717) is 0 Å². The average Bonchev–Trinajstić information content (AvgIpc) is 2.55. The molecule has 0 saturated carbocycles. The first-order valence-corrected chi connectivity index (χ1v) is 8.59. The average molecular weight is 307 g/mol. The molecule has 0 aromatic heterocycles. The van der Waals surface area contributed by atoms with Crippen LogP contribution in [-0.4, -0.2) is 40.9 Å². The van der Waals surface area contributed by atoms with Crippen molar-refractivity contribution >= 4 is 17.7 Å². The molecule has 1 aromatic carbocycles. The fourth-order valence-electron chi connectivity index (χ4n) is 2.84. The molecule has 1 heterocycles. The Kier molecular flexibility index (Phi) is 5.71. The lowest BCUT2D eigenvalue weighted by Crippen LogP contribution is -2.46. The first kappa shape index (κ1) is 16.4. The smallest absolute Gasteiger partial charge is 0.235 e. The Hall–Kier alpha value is -1.00. The van der Waals surface area contributed by atoms with Crippen LogP contribution in [0.1, 0.15) is 33.1 Å². The number of benzene rings is 1. The van der Waals surface area contributed by atoms with Crippen molar-refractivity contribution in [2.75, 3.05) is 19.7 Å². The lowest BCUT2D eigenvalue weighted by Gasteiger charge is -2.40. The summed E-state index contributed by atoms with van der Waals surface area (Å²) in [5, 5.41) is 9.50. The van der Waals surface area contributed by atoms with Crippen LogP contribution in [-0.2, 0) is 4.79 Å². The van der Waals surface area contributed by atoms with E-state index in [-0.39, 0.29) is 23.2 Å². The van der Waals surface area contributed by atoms with E-state index in [1.807, 2.05) is 42.2 Å². The summed E-state index contributed by atoms with van der Waals surface area (Å²) in [4.78, 5) is 15.6. The van der Waals surface area contributed by atoms with Gasteiger partial charge in [-0.2, -0.15) is 0 Å². The molecule has 1 aliphatic heterocycles. The molecule has 4 heteroatoms. The van der Waals surface area contributed by atoms with Crippen molar-refractivity contribution in [1.82, 2.24) is 4.90 Å². The summed E-state index contributed by atoms with van der Waals surface area (Å²) < 4.78 is 0. The zero-order chi connectivity index (χ0) is 15.3. The number of carbonyl (C=O) groups is 1. The molecule has 0 radical (unpaired) electrons. The van der Waals surface area contributed by atoms with Crippen LogP contribution in [0.4, 0.5) is 0 Å². The second kappa shape index (κ2) is 7.32. The molecule has 2 rings (SSSR count). The lowest BCUT2D eigenvalue weighted by molar-refractivity contribution is -0.133. The number of carbonyl (C=O) groups excluding carboxylic acids is 1. The standard InChI is InChI=1S/C17H25NO2S/c1-3-17(13-19)9-11-18(12-10-17)16(20)14(2)21-15-7-5-4-6-8-15/h4-8,14,19H,3,9-13H2,1-2H3. The van der Waals surface area contributed by atoms with Crippen molar-refractivity contribution in [2.24, 2.45) is 5.41 Å². The van der Waals surface area contributed by atoms with Crippen LogP contribution < -0.4 is 0 Å². The minimum atomic E-state index is -0.0596. The highest BCUT2D eigenvalue weighted by Crippen LogP contribution is 2.35. The van der Waals surface area contributed by atoms with Gasteiger partial charge in [0.2, 0.25) is 5.91 Å². The third-order valence-corrected chi connectivity index (χ3v) is 5.72. The number of hydrogen-bond acceptors (Lipinski definition) is 3. The van der Waals surface area contributed by atoms with E-state index in [2.05, 4.69) is 6.92 Å².